The second-order valence-electron chi connectivity index (χ2n) is 5.69. The fourth-order valence-electron chi connectivity index (χ4n) is 2.50. The topological polar surface area (TPSA) is 54.0 Å². The van der Waals surface area contributed by atoms with Crippen molar-refractivity contribution >= 4 is 7.60 Å². The van der Waals surface area contributed by atoms with Crippen LogP contribution >= 0.6 is 7.60 Å². The average molecular weight is 334 g/mol. The quantitative estimate of drug-likeness (QED) is 0.411. The minimum absolute atomic E-state index is 0.420. The molecule has 1 aliphatic heterocycles. The van der Waals surface area contributed by atoms with E-state index in [9.17, 15) is 4.57 Å². The Labute approximate surface area is 134 Å². The van der Waals surface area contributed by atoms with E-state index in [4.69, 9.17) is 18.5 Å². The molecule has 0 N–H and O–H groups in total. The lowest BCUT2D eigenvalue weighted by Gasteiger charge is -2.21. The molecule has 0 atom stereocenters. The van der Waals surface area contributed by atoms with Crippen molar-refractivity contribution in [2.45, 2.75) is 59.2 Å². The molecule has 0 radical (unpaired) electrons. The van der Waals surface area contributed by atoms with Crippen LogP contribution in [0.5, 0.6) is 0 Å². The van der Waals surface area contributed by atoms with Gasteiger partial charge in [0.25, 0.3) is 0 Å². The Morgan fingerprint density at radius 1 is 1.23 bits per heavy atom. The predicted octanol–water partition coefficient (Wildman–Crippen LogP) is 4.52. The van der Waals surface area contributed by atoms with Crippen LogP contribution in [0.1, 0.15) is 53.4 Å². The van der Waals surface area contributed by atoms with E-state index in [0.717, 1.165) is 25.7 Å². The molecule has 6 heteroatoms. The molecule has 0 aliphatic carbocycles. The van der Waals surface area contributed by atoms with Gasteiger partial charge in [0.05, 0.1) is 32.6 Å². The molecular formula is C16H31O5P. The van der Waals surface area contributed by atoms with E-state index in [1.807, 2.05) is 20.8 Å². The van der Waals surface area contributed by atoms with Gasteiger partial charge in [-0.3, -0.25) is 4.57 Å². The molecule has 0 aromatic rings. The van der Waals surface area contributed by atoms with Crippen molar-refractivity contribution in [3.63, 3.8) is 0 Å². The molecular weight excluding hydrogens is 303 g/mol. The maximum Gasteiger partial charge on any atom is 0.330 e. The molecule has 0 aromatic carbocycles. The lowest BCUT2D eigenvalue weighted by Crippen LogP contribution is -2.24. The van der Waals surface area contributed by atoms with Gasteiger partial charge < -0.3 is 18.5 Å². The highest BCUT2D eigenvalue weighted by molar-refractivity contribution is 7.53. The summed E-state index contributed by atoms with van der Waals surface area (Å²) in [5.41, 5.74) is 1.29. The first kappa shape index (κ1) is 19.9. The molecule has 0 amide bonds. The zero-order valence-electron chi connectivity index (χ0n) is 14.4. The van der Waals surface area contributed by atoms with Gasteiger partial charge in [0, 0.05) is 6.42 Å². The Bertz CT molecular complexity index is 378. The molecule has 1 aliphatic rings. The molecule has 1 heterocycles. The van der Waals surface area contributed by atoms with Crippen LogP contribution < -0.4 is 0 Å². The first-order valence-corrected chi connectivity index (χ1v) is 9.97. The smallest absolute Gasteiger partial charge is 0.330 e. The number of rotatable bonds is 11. The van der Waals surface area contributed by atoms with Gasteiger partial charge in [-0.25, -0.2) is 0 Å². The summed E-state index contributed by atoms with van der Waals surface area (Å²) >= 11 is 0. The van der Waals surface area contributed by atoms with Crippen molar-refractivity contribution in [1.82, 2.24) is 0 Å². The van der Waals surface area contributed by atoms with Gasteiger partial charge in [0.15, 0.2) is 5.79 Å². The molecule has 0 saturated carbocycles. The number of ether oxygens (including phenoxy) is 2. The zero-order valence-corrected chi connectivity index (χ0v) is 15.3. The Morgan fingerprint density at radius 3 is 2.36 bits per heavy atom. The SMILES string of the molecule is CCOP(=O)(CCC/C(C)=C/CCC1(C)OCCO1)OCC. The van der Waals surface area contributed by atoms with Gasteiger partial charge in [0.1, 0.15) is 0 Å². The third-order valence-electron chi connectivity index (χ3n) is 3.64. The minimum atomic E-state index is -2.90. The van der Waals surface area contributed by atoms with Crippen molar-refractivity contribution in [3.05, 3.63) is 11.6 Å². The Kier molecular flexibility index (Phi) is 8.88. The van der Waals surface area contributed by atoms with Crippen LogP contribution in [0.2, 0.25) is 0 Å². The summed E-state index contributed by atoms with van der Waals surface area (Å²) < 4.78 is 34.1. The highest BCUT2D eigenvalue weighted by Gasteiger charge is 2.29. The zero-order chi connectivity index (χ0) is 16.5. The fourth-order valence-corrected chi connectivity index (χ4v) is 4.16. The highest BCUT2D eigenvalue weighted by Crippen LogP contribution is 2.48. The van der Waals surface area contributed by atoms with E-state index in [1.54, 1.807) is 0 Å². The van der Waals surface area contributed by atoms with Gasteiger partial charge in [-0.15, -0.1) is 0 Å². The highest BCUT2D eigenvalue weighted by atomic mass is 31.2. The normalized spacial score (nSPS) is 18.8. The molecule has 1 rings (SSSR count). The third kappa shape index (κ3) is 7.38. The van der Waals surface area contributed by atoms with Gasteiger partial charge in [-0.1, -0.05) is 11.6 Å². The van der Waals surface area contributed by atoms with Crippen LogP contribution in [0.15, 0.2) is 11.6 Å². The van der Waals surface area contributed by atoms with Crippen molar-refractivity contribution in [2.24, 2.45) is 0 Å². The maximum atomic E-state index is 12.3. The average Bonchev–Trinajstić information content (AvgIpc) is 2.86. The van der Waals surface area contributed by atoms with Crippen LogP contribution in [-0.4, -0.2) is 38.4 Å². The summed E-state index contributed by atoms with van der Waals surface area (Å²) in [7, 11) is -2.90. The van der Waals surface area contributed by atoms with Gasteiger partial charge in [-0.2, -0.15) is 0 Å². The monoisotopic (exact) mass is 334 g/mol. The van der Waals surface area contributed by atoms with E-state index >= 15 is 0 Å². The van der Waals surface area contributed by atoms with E-state index in [-0.39, 0.29) is 0 Å². The molecule has 0 bridgehead atoms. The minimum Gasteiger partial charge on any atom is -0.348 e. The van der Waals surface area contributed by atoms with Crippen molar-refractivity contribution < 1.29 is 23.1 Å². The molecule has 0 unspecified atom stereocenters. The maximum absolute atomic E-state index is 12.3. The van der Waals surface area contributed by atoms with E-state index < -0.39 is 13.4 Å². The summed E-state index contributed by atoms with van der Waals surface area (Å²) in [4.78, 5) is 0. The lowest BCUT2D eigenvalue weighted by molar-refractivity contribution is -0.145. The second-order valence-corrected chi connectivity index (χ2v) is 7.88. The summed E-state index contributed by atoms with van der Waals surface area (Å²) in [5.74, 6) is -0.420. The molecule has 130 valence electrons. The van der Waals surface area contributed by atoms with Crippen LogP contribution in [0.3, 0.4) is 0 Å². The molecule has 22 heavy (non-hydrogen) atoms. The van der Waals surface area contributed by atoms with Crippen LogP contribution in [0, 0.1) is 0 Å². The molecule has 0 aromatic heterocycles. The number of allylic oxidation sites excluding steroid dienone is 2. The predicted molar refractivity (Wildman–Crippen MR) is 88.3 cm³/mol. The largest absolute Gasteiger partial charge is 0.348 e. The Hall–Kier alpha value is -0.190. The van der Waals surface area contributed by atoms with Crippen LogP contribution in [-0.2, 0) is 23.1 Å². The van der Waals surface area contributed by atoms with Gasteiger partial charge in [0.2, 0.25) is 0 Å². The Balaban J connectivity index is 2.27. The third-order valence-corrected chi connectivity index (χ3v) is 5.81. The first-order chi connectivity index (χ1) is 10.4. The molecule has 1 fully saturated rings. The lowest BCUT2D eigenvalue weighted by atomic mass is 10.1. The van der Waals surface area contributed by atoms with E-state index in [0.29, 0.717) is 32.6 Å². The standard InChI is InChI=1S/C16H31O5P/c1-5-20-22(17,21-6-2)14-8-10-15(3)9-7-11-16(4)18-12-13-19-16/h9H,5-8,10-14H2,1-4H3/b15-9+. The summed E-state index contributed by atoms with van der Waals surface area (Å²) in [6.45, 7) is 9.98. The molecule has 1 saturated heterocycles. The van der Waals surface area contributed by atoms with Gasteiger partial charge in [-0.05, 0) is 47.0 Å². The van der Waals surface area contributed by atoms with Gasteiger partial charge >= 0.3 is 7.60 Å². The van der Waals surface area contributed by atoms with Crippen molar-refractivity contribution in [3.8, 4) is 0 Å². The Morgan fingerprint density at radius 2 is 1.82 bits per heavy atom. The second kappa shape index (κ2) is 9.84. The van der Waals surface area contributed by atoms with Crippen LogP contribution in [0.25, 0.3) is 0 Å². The molecule has 0 spiro atoms. The summed E-state index contributed by atoms with van der Waals surface area (Å²) in [6, 6.07) is 0. The summed E-state index contributed by atoms with van der Waals surface area (Å²) in [5, 5.41) is 0. The van der Waals surface area contributed by atoms with Crippen LogP contribution in [0.4, 0.5) is 0 Å². The van der Waals surface area contributed by atoms with E-state index in [1.165, 1.54) is 5.57 Å². The number of hydrogen-bond donors (Lipinski definition) is 0. The van der Waals surface area contributed by atoms with Crippen molar-refractivity contribution in [2.75, 3.05) is 32.6 Å². The van der Waals surface area contributed by atoms with Crippen molar-refractivity contribution in [1.29, 1.82) is 0 Å². The fraction of sp³-hybridized carbons (Fsp3) is 0.875. The molecule has 5 nitrogen and oxygen atoms in total. The first-order valence-electron chi connectivity index (χ1n) is 8.25. The van der Waals surface area contributed by atoms with E-state index in [2.05, 4.69) is 13.0 Å². The summed E-state index contributed by atoms with van der Waals surface area (Å²) in [6.07, 6.45) is 6.19. The number of hydrogen-bond acceptors (Lipinski definition) is 5.